The Balaban J connectivity index is 1.74. The van der Waals surface area contributed by atoms with Crippen LogP contribution in [0.15, 0.2) is 48.8 Å². The molecule has 1 amide bonds. The van der Waals surface area contributed by atoms with Crippen LogP contribution in [-0.4, -0.2) is 22.4 Å². The third-order valence-electron chi connectivity index (χ3n) is 4.72. The number of H-pyrrole nitrogens is 1. The summed E-state index contributed by atoms with van der Waals surface area (Å²) in [5.41, 5.74) is 4.78. The standard InChI is InChI=1S/C19H19N3O/c1-12(2)15-10-22(18-6-4-3-5-14(15)18)19(23)13-7-8-16-17(9-13)21-11-20-16/h3-9,11-12,15H,10H2,1-2H3,(H,20,21). The molecule has 2 aromatic carbocycles. The number of aromatic amines is 1. The first-order chi connectivity index (χ1) is 11.1. The summed E-state index contributed by atoms with van der Waals surface area (Å²) < 4.78 is 0. The Bertz CT molecular complexity index is 881. The average molecular weight is 305 g/mol. The number of fused-ring (bicyclic) bond motifs is 2. The molecule has 0 saturated heterocycles. The predicted molar refractivity (Wildman–Crippen MR) is 91.8 cm³/mol. The zero-order valence-electron chi connectivity index (χ0n) is 13.3. The van der Waals surface area contributed by atoms with E-state index >= 15 is 0 Å². The van der Waals surface area contributed by atoms with Gasteiger partial charge in [-0.05, 0) is 35.7 Å². The fraction of sp³-hybridized carbons (Fsp3) is 0.263. The summed E-state index contributed by atoms with van der Waals surface area (Å²) in [6, 6.07) is 13.9. The monoisotopic (exact) mass is 305 g/mol. The van der Waals surface area contributed by atoms with Crippen LogP contribution in [0.3, 0.4) is 0 Å². The van der Waals surface area contributed by atoms with Gasteiger partial charge in [0, 0.05) is 23.7 Å². The summed E-state index contributed by atoms with van der Waals surface area (Å²) in [6.45, 7) is 5.18. The number of imidazole rings is 1. The van der Waals surface area contributed by atoms with E-state index in [-0.39, 0.29) is 5.91 Å². The summed E-state index contributed by atoms with van der Waals surface area (Å²) in [5, 5.41) is 0. The number of nitrogens with zero attached hydrogens (tertiary/aromatic N) is 2. The van der Waals surface area contributed by atoms with Crippen molar-refractivity contribution >= 4 is 22.6 Å². The van der Waals surface area contributed by atoms with Gasteiger partial charge in [-0.3, -0.25) is 4.79 Å². The Kier molecular flexibility index (Phi) is 3.18. The Hall–Kier alpha value is -2.62. The molecule has 0 bridgehead atoms. The molecule has 4 heteroatoms. The van der Waals surface area contributed by atoms with Gasteiger partial charge in [0.05, 0.1) is 17.4 Å². The molecule has 2 heterocycles. The molecular weight excluding hydrogens is 286 g/mol. The lowest BCUT2D eigenvalue weighted by Gasteiger charge is -2.19. The van der Waals surface area contributed by atoms with Gasteiger partial charge in [0.1, 0.15) is 0 Å². The van der Waals surface area contributed by atoms with E-state index in [0.717, 1.165) is 23.3 Å². The largest absolute Gasteiger partial charge is 0.345 e. The SMILES string of the molecule is CC(C)C1CN(C(=O)c2ccc3nc[nH]c3c2)c2ccccc21. The van der Waals surface area contributed by atoms with Crippen LogP contribution in [0.1, 0.15) is 35.7 Å². The van der Waals surface area contributed by atoms with E-state index in [2.05, 4.69) is 35.9 Å². The summed E-state index contributed by atoms with van der Waals surface area (Å²) in [4.78, 5) is 22.2. The molecule has 1 aromatic heterocycles. The summed E-state index contributed by atoms with van der Waals surface area (Å²) in [6.07, 6.45) is 1.65. The topological polar surface area (TPSA) is 49.0 Å². The van der Waals surface area contributed by atoms with Gasteiger partial charge in [0.15, 0.2) is 0 Å². The molecule has 0 saturated carbocycles. The highest BCUT2D eigenvalue weighted by Gasteiger charge is 2.34. The van der Waals surface area contributed by atoms with Crippen LogP contribution in [0.4, 0.5) is 5.69 Å². The summed E-state index contributed by atoms with van der Waals surface area (Å²) >= 11 is 0. The van der Waals surface area contributed by atoms with Gasteiger partial charge in [0.25, 0.3) is 5.91 Å². The fourth-order valence-corrected chi connectivity index (χ4v) is 3.43. The Morgan fingerprint density at radius 2 is 2.09 bits per heavy atom. The lowest BCUT2D eigenvalue weighted by Crippen LogP contribution is -2.30. The predicted octanol–water partition coefficient (Wildman–Crippen LogP) is 3.96. The second kappa shape index (κ2) is 5.23. The van der Waals surface area contributed by atoms with Crippen LogP contribution in [0, 0.1) is 5.92 Å². The third-order valence-corrected chi connectivity index (χ3v) is 4.72. The second-order valence-corrected chi connectivity index (χ2v) is 6.46. The molecule has 116 valence electrons. The maximum Gasteiger partial charge on any atom is 0.258 e. The number of hydrogen-bond acceptors (Lipinski definition) is 2. The van der Waals surface area contributed by atoms with Crippen molar-refractivity contribution in [3.8, 4) is 0 Å². The van der Waals surface area contributed by atoms with Crippen molar-refractivity contribution in [3.63, 3.8) is 0 Å². The van der Waals surface area contributed by atoms with Crippen molar-refractivity contribution in [2.75, 3.05) is 11.4 Å². The molecule has 0 radical (unpaired) electrons. The lowest BCUT2D eigenvalue weighted by molar-refractivity contribution is 0.0987. The molecule has 23 heavy (non-hydrogen) atoms. The van der Waals surface area contributed by atoms with Gasteiger partial charge in [-0.2, -0.15) is 0 Å². The zero-order valence-corrected chi connectivity index (χ0v) is 13.3. The number of para-hydroxylation sites is 1. The Morgan fingerprint density at radius 1 is 1.26 bits per heavy atom. The number of amides is 1. The molecular formula is C19H19N3O. The fourth-order valence-electron chi connectivity index (χ4n) is 3.43. The quantitative estimate of drug-likeness (QED) is 0.779. The average Bonchev–Trinajstić information content (AvgIpc) is 3.18. The minimum Gasteiger partial charge on any atom is -0.345 e. The maximum absolute atomic E-state index is 13.0. The minimum absolute atomic E-state index is 0.0529. The van der Waals surface area contributed by atoms with Crippen LogP contribution < -0.4 is 4.90 Å². The molecule has 0 fully saturated rings. The number of nitrogens with one attached hydrogen (secondary N) is 1. The molecule has 1 unspecified atom stereocenters. The van der Waals surface area contributed by atoms with Crippen molar-refractivity contribution in [2.45, 2.75) is 19.8 Å². The molecule has 4 nitrogen and oxygen atoms in total. The first-order valence-electron chi connectivity index (χ1n) is 7.99. The molecule has 0 aliphatic carbocycles. The molecule has 0 spiro atoms. The highest BCUT2D eigenvalue weighted by Crippen LogP contribution is 2.40. The van der Waals surface area contributed by atoms with E-state index < -0.39 is 0 Å². The van der Waals surface area contributed by atoms with Crippen LogP contribution in [-0.2, 0) is 0 Å². The molecule has 1 atom stereocenters. The molecule has 4 rings (SSSR count). The van der Waals surface area contributed by atoms with Gasteiger partial charge in [-0.25, -0.2) is 4.98 Å². The van der Waals surface area contributed by atoms with Crippen molar-refractivity contribution in [1.29, 1.82) is 0 Å². The molecule has 1 aliphatic rings. The normalized spacial score (nSPS) is 17.0. The number of benzene rings is 2. The lowest BCUT2D eigenvalue weighted by atomic mass is 9.90. The van der Waals surface area contributed by atoms with Crippen molar-refractivity contribution in [3.05, 3.63) is 59.9 Å². The molecule has 1 N–H and O–H groups in total. The van der Waals surface area contributed by atoms with E-state index in [1.165, 1.54) is 5.56 Å². The zero-order chi connectivity index (χ0) is 16.0. The van der Waals surface area contributed by atoms with Crippen LogP contribution in [0.25, 0.3) is 11.0 Å². The minimum atomic E-state index is 0.0529. The number of rotatable bonds is 2. The first-order valence-corrected chi connectivity index (χ1v) is 7.99. The van der Waals surface area contributed by atoms with Crippen molar-refractivity contribution in [1.82, 2.24) is 9.97 Å². The number of carbonyl (C=O) groups is 1. The first kappa shape index (κ1) is 14.0. The number of carbonyl (C=O) groups excluding carboxylic acids is 1. The van der Waals surface area contributed by atoms with E-state index in [4.69, 9.17) is 0 Å². The Labute approximate surface area is 135 Å². The van der Waals surface area contributed by atoms with Crippen molar-refractivity contribution < 1.29 is 4.79 Å². The second-order valence-electron chi connectivity index (χ2n) is 6.46. The number of hydrogen-bond donors (Lipinski definition) is 1. The van der Waals surface area contributed by atoms with Crippen LogP contribution in [0.5, 0.6) is 0 Å². The summed E-state index contributed by atoms with van der Waals surface area (Å²) in [5.74, 6) is 0.951. The maximum atomic E-state index is 13.0. The number of anilines is 1. The smallest absolute Gasteiger partial charge is 0.258 e. The molecule has 1 aliphatic heterocycles. The number of aromatic nitrogens is 2. The van der Waals surface area contributed by atoms with Crippen molar-refractivity contribution in [2.24, 2.45) is 5.92 Å². The highest BCUT2D eigenvalue weighted by molar-refractivity contribution is 6.08. The highest BCUT2D eigenvalue weighted by atomic mass is 16.2. The Morgan fingerprint density at radius 3 is 2.91 bits per heavy atom. The van der Waals surface area contributed by atoms with Gasteiger partial charge >= 0.3 is 0 Å². The van der Waals surface area contributed by atoms with E-state index in [0.29, 0.717) is 17.4 Å². The van der Waals surface area contributed by atoms with E-state index in [9.17, 15) is 4.79 Å². The molecule has 3 aromatic rings. The van der Waals surface area contributed by atoms with E-state index in [1.54, 1.807) is 6.33 Å². The van der Waals surface area contributed by atoms with Gasteiger partial charge in [0.2, 0.25) is 0 Å². The van der Waals surface area contributed by atoms with E-state index in [1.807, 2.05) is 35.2 Å². The van der Waals surface area contributed by atoms with Crippen LogP contribution in [0.2, 0.25) is 0 Å². The van der Waals surface area contributed by atoms with Gasteiger partial charge in [-0.1, -0.05) is 32.0 Å². The third kappa shape index (κ3) is 2.22. The van der Waals surface area contributed by atoms with Gasteiger partial charge in [-0.15, -0.1) is 0 Å². The van der Waals surface area contributed by atoms with Gasteiger partial charge < -0.3 is 9.88 Å². The van der Waals surface area contributed by atoms with Crippen LogP contribution >= 0.6 is 0 Å². The summed E-state index contributed by atoms with van der Waals surface area (Å²) in [7, 11) is 0.